The van der Waals surface area contributed by atoms with E-state index in [9.17, 15) is 9.90 Å². The van der Waals surface area contributed by atoms with Crippen LogP contribution in [0, 0.1) is 5.41 Å². The van der Waals surface area contributed by atoms with Gasteiger partial charge in [0.2, 0.25) is 0 Å². The van der Waals surface area contributed by atoms with Gasteiger partial charge in [-0.25, -0.2) is 0 Å². The molecular formula is C10H19NO2. The molecule has 0 aliphatic heterocycles. The van der Waals surface area contributed by atoms with Gasteiger partial charge in [-0.1, -0.05) is 20.3 Å². The Labute approximate surface area is 79.7 Å². The first-order chi connectivity index (χ1) is 5.84. The standard InChI is InChI=1S/C10H19NO2/c1-9(2)6-5-7-10(9,8(12)13)11(3)4/h5-7H2,1-4H3,(H,12,13). The van der Waals surface area contributed by atoms with Crippen LogP contribution in [0.5, 0.6) is 0 Å². The van der Waals surface area contributed by atoms with E-state index in [1.54, 1.807) is 0 Å². The Bertz CT molecular complexity index is 223. The molecule has 0 amide bonds. The number of nitrogens with zero attached hydrogens (tertiary/aromatic N) is 1. The van der Waals surface area contributed by atoms with Gasteiger partial charge in [0.05, 0.1) is 0 Å². The first kappa shape index (κ1) is 10.5. The monoisotopic (exact) mass is 185 g/mol. The molecular weight excluding hydrogens is 166 g/mol. The lowest BCUT2D eigenvalue weighted by atomic mass is 9.74. The van der Waals surface area contributed by atoms with E-state index in [1.165, 1.54) is 0 Å². The summed E-state index contributed by atoms with van der Waals surface area (Å²) in [6.07, 6.45) is 2.78. The van der Waals surface area contributed by atoms with Crippen LogP contribution in [0.2, 0.25) is 0 Å². The average Bonchev–Trinajstić information content (AvgIpc) is 2.25. The summed E-state index contributed by atoms with van der Waals surface area (Å²) in [6, 6.07) is 0. The van der Waals surface area contributed by atoms with Crippen LogP contribution < -0.4 is 0 Å². The number of carboxylic acids is 1. The quantitative estimate of drug-likeness (QED) is 0.710. The minimum absolute atomic E-state index is 0.123. The van der Waals surface area contributed by atoms with Crippen molar-refractivity contribution in [3.63, 3.8) is 0 Å². The van der Waals surface area contributed by atoms with Crippen molar-refractivity contribution in [1.82, 2.24) is 4.90 Å². The van der Waals surface area contributed by atoms with Gasteiger partial charge in [-0.2, -0.15) is 0 Å². The fourth-order valence-electron chi connectivity index (χ4n) is 2.75. The molecule has 0 aromatic rings. The molecule has 1 saturated carbocycles. The fourth-order valence-corrected chi connectivity index (χ4v) is 2.75. The molecule has 13 heavy (non-hydrogen) atoms. The number of rotatable bonds is 2. The second-order valence-corrected chi connectivity index (χ2v) is 4.80. The highest BCUT2D eigenvalue weighted by atomic mass is 16.4. The van der Waals surface area contributed by atoms with Crippen LogP contribution in [0.25, 0.3) is 0 Å². The average molecular weight is 185 g/mol. The number of hydrogen-bond acceptors (Lipinski definition) is 2. The van der Waals surface area contributed by atoms with Crippen molar-refractivity contribution in [3.8, 4) is 0 Å². The van der Waals surface area contributed by atoms with Gasteiger partial charge in [0.25, 0.3) is 0 Å². The molecule has 0 aromatic carbocycles. The molecule has 1 N–H and O–H groups in total. The normalized spacial score (nSPS) is 32.4. The number of hydrogen-bond donors (Lipinski definition) is 1. The Morgan fingerprint density at radius 3 is 2.00 bits per heavy atom. The van der Waals surface area contributed by atoms with E-state index in [1.807, 2.05) is 32.8 Å². The topological polar surface area (TPSA) is 40.5 Å². The van der Waals surface area contributed by atoms with Crippen LogP contribution >= 0.6 is 0 Å². The van der Waals surface area contributed by atoms with Crippen molar-refractivity contribution in [2.75, 3.05) is 14.1 Å². The lowest BCUT2D eigenvalue weighted by Gasteiger charge is -2.42. The zero-order valence-corrected chi connectivity index (χ0v) is 8.92. The third-order valence-electron chi connectivity index (χ3n) is 3.58. The Balaban J connectivity index is 3.11. The van der Waals surface area contributed by atoms with Gasteiger partial charge in [0, 0.05) is 0 Å². The lowest BCUT2D eigenvalue weighted by Crippen LogP contribution is -2.57. The maximum absolute atomic E-state index is 11.3. The first-order valence-electron chi connectivity index (χ1n) is 4.75. The molecule has 0 bridgehead atoms. The maximum atomic E-state index is 11.3. The molecule has 3 heteroatoms. The van der Waals surface area contributed by atoms with E-state index in [0.717, 1.165) is 19.3 Å². The zero-order chi connectivity index (χ0) is 10.3. The molecule has 1 aliphatic carbocycles. The van der Waals surface area contributed by atoms with Crippen LogP contribution in [-0.4, -0.2) is 35.6 Å². The Morgan fingerprint density at radius 2 is 1.85 bits per heavy atom. The largest absolute Gasteiger partial charge is 0.480 e. The number of likely N-dealkylation sites (N-methyl/N-ethyl adjacent to an activating group) is 1. The Morgan fingerprint density at radius 1 is 1.31 bits per heavy atom. The summed E-state index contributed by atoms with van der Waals surface area (Å²) in [7, 11) is 3.72. The van der Waals surface area contributed by atoms with Crippen molar-refractivity contribution in [3.05, 3.63) is 0 Å². The lowest BCUT2D eigenvalue weighted by molar-refractivity contribution is -0.156. The molecule has 3 nitrogen and oxygen atoms in total. The molecule has 0 saturated heterocycles. The van der Waals surface area contributed by atoms with Crippen molar-refractivity contribution in [2.45, 2.75) is 38.6 Å². The highest BCUT2D eigenvalue weighted by Gasteiger charge is 2.56. The molecule has 1 rings (SSSR count). The van der Waals surface area contributed by atoms with Crippen molar-refractivity contribution >= 4 is 5.97 Å². The van der Waals surface area contributed by atoms with E-state index in [2.05, 4.69) is 0 Å². The van der Waals surface area contributed by atoms with E-state index < -0.39 is 11.5 Å². The summed E-state index contributed by atoms with van der Waals surface area (Å²) in [5, 5.41) is 9.33. The van der Waals surface area contributed by atoms with E-state index >= 15 is 0 Å². The molecule has 0 radical (unpaired) electrons. The smallest absolute Gasteiger partial charge is 0.324 e. The van der Waals surface area contributed by atoms with E-state index in [0.29, 0.717) is 0 Å². The predicted molar refractivity (Wildman–Crippen MR) is 51.7 cm³/mol. The van der Waals surface area contributed by atoms with Gasteiger partial charge in [-0.05, 0) is 32.4 Å². The summed E-state index contributed by atoms with van der Waals surface area (Å²) in [5.74, 6) is -0.681. The number of aliphatic carboxylic acids is 1. The van der Waals surface area contributed by atoms with Gasteiger partial charge in [0.15, 0.2) is 0 Å². The fraction of sp³-hybridized carbons (Fsp3) is 0.900. The van der Waals surface area contributed by atoms with Crippen LogP contribution in [0.15, 0.2) is 0 Å². The van der Waals surface area contributed by atoms with Crippen LogP contribution in [0.4, 0.5) is 0 Å². The summed E-state index contributed by atoms with van der Waals surface area (Å²) in [6.45, 7) is 4.10. The first-order valence-corrected chi connectivity index (χ1v) is 4.75. The summed E-state index contributed by atoms with van der Waals surface area (Å²) >= 11 is 0. The molecule has 1 atom stereocenters. The SMILES string of the molecule is CN(C)C1(C(=O)O)CCCC1(C)C. The molecule has 1 unspecified atom stereocenters. The summed E-state index contributed by atoms with van der Waals surface area (Å²) < 4.78 is 0. The van der Waals surface area contributed by atoms with Gasteiger partial charge < -0.3 is 5.11 Å². The maximum Gasteiger partial charge on any atom is 0.324 e. The second-order valence-electron chi connectivity index (χ2n) is 4.80. The third kappa shape index (κ3) is 1.26. The van der Waals surface area contributed by atoms with Gasteiger partial charge in [-0.15, -0.1) is 0 Å². The number of carbonyl (C=O) groups is 1. The predicted octanol–water partition coefficient (Wildman–Crippen LogP) is 1.58. The highest BCUT2D eigenvalue weighted by Crippen LogP contribution is 2.48. The molecule has 0 aromatic heterocycles. The van der Waals surface area contributed by atoms with Gasteiger partial charge in [0.1, 0.15) is 5.54 Å². The third-order valence-corrected chi connectivity index (χ3v) is 3.58. The Kier molecular flexibility index (Phi) is 2.41. The summed E-state index contributed by atoms with van der Waals surface area (Å²) in [4.78, 5) is 13.2. The minimum Gasteiger partial charge on any atom is -0.480 e. The minimum atomic E-state index is -0.681. The zero-order valence-electron chi connectivity index (χ0n) is 8.92. The van der Waals surface area contributed by atoms with Crippen molar-refractivity contribution in [2.24, 2.45) is 5.41 Å². The molecule has 1 fully saturated rings. The molecule has 0 heterocycles. The highest BCUT2D eigenvalue weighted by molar-refractivity contribution is 5.80. The second kappa shape index (κ2) is 2.98. The number of carboxylic acid groups (broad SMARTS) is 1. The van der Waals surface area contributed by atoms with Crippen LogP contribution in [0.1, 0.15) is 33.1 Å². The van der Waals surface area contributed by atoms with Crippen LogP contribution in [-0.2, 0) is 4.79 Å². The molecule has 1 aliphatic rings. The summed E-state index contributed by atoms with van der Waals surface area (Å²) in [5.41, 5.74) is -0.782. The van der Waals surface area contributed by atoms with Gasteiger partial charge >= 0.3 is 5.97 Å². The molecule has 76 valence electrons. The van der Waals surface area contributed by atoms with Crippen molar-refractivity contribution < 1.29 is 9.90 Å². The Hall–Kier alpha value is -0.570. The molecule has 0 spiro atoms. The van der Waals surface area contributed by atoms with Crippen LogP contribution in [0.3, 0.4) is 0 Å². The van der Waals surface area contributed by atoms with E-state index in [-0.39, 0.29) is 5.41 Å². The van der Waals surface area contributed by atoms with Gasteiger partial charge in [-0.3, -0.25) is 9.69 Å². The van der Waals surface area contributed by atoms with E-state index in [4.69, 9.17) is 0 Å². The van der Waals surface area contributed by atoms with Crippen molar-refractivity contribution in [1.29, 1.82) is 0 Å².